The summed E-state index contributed by atoms with van der Waals surface area (Å²) in [6, 6.07) is 17.3. The Labute approximate surface area is 172 Å². The van der Waals surface area contributed by atoms with E-state index >= 15 is 0 Å². The number of aromatic nitrogens is 2. The Kier molecular flexibility index (Phi) is 5.44. The van der Waals surface area contributed by atoms with Crippen LogP contribution in [0, 0.1) is 0 Å². The van der Waals surface area contributed by atoms with Crippen molar-refractivity contribution < 1.29 is 9.59 Å². The number of nitrogens with zero attached hydrogens (tertiary/aromatic N) is 2. The molecular weight excluding hydrogens is 416 g/mol. The maximum absolute atomic E-state index is 12.5. The molecule has 4 nitrogen and oxygen atoms in total. The summed E-state index contributed by atoms with van der Waals surface area (Å²) < 4.78 is 0. The molecule has 1 heterocycles. The Balaban J connectivity index is 1.49. The standard InChI is InChI=1S/C23H19BrN2O2/c24-19-12-11-18-14-25-23(26-21(18)22(19)28)17-9-7-16(8-10-17)20(27)13-6-15-4-2-1-3-5-15/h1-5,7-10,14,19H,6,11-13H2. The predicted molar refractivity (Wildman–Crippen MR) is 112 cm³/mol. The Morgan fingerprint density at radius 3 is 2.57 bits per heavy atom. The van der Waals surface area contributed by atoms with Gasteiger partial charge in [-0.1, -0.05) is 70.5 Å². The number of ketones is 2. The van der Waals surface area contributed by atoms with Crippen LogP contribution in [0.4, 0.5) is 0 Å². The largest absolute Gasteiger partial charge is 0.294 e. The molecule has 0 saturated carbocycles. The minimum atomic E-state index is -0.174. The fourth-order valence-electron chi connectivity index (χ4n) is 3.36. The van der Waals surface area contributed by atoms with Crippen molar-refractivity contribution in [3.63, 3.8) is 0 Å². The fraction of sp³-hybridized carbons (Fsp3) is 0.217. The van der Waals surface area contributed by atoms with Crippen molar-refractivity contribution in [2.24, 2.45) is 0 Å². The van der Waals surface area contributed by atoms with Crippen LogP contribution < -0.4 is 0 Å². The van der Waals surface area contributed by atoms with E-state index in [1.165, 1.54) is 0 Å². The zero-order chi connectivity index (χ0) is 19.5. The van der Waals surface area contributed by atoms with E-state index in [1.807, 2.05) is 42.5 Å². The third-order valence-electron chi connectivity index (χ3n) is 5.00. The van der Waals surface area contributed by atoms with Crippen LogP contribution in [-0.4, -0.2) is 26.4 Å². The van der Waals surface area contributed by atoms with Gasteiger partial charge < -0.3 is 0 Å². The molecule has 0 aliphatic heterocycles. The molecule has 28 heavy (non-hydrogen) atoms. The highest BCUT2D eigenvalue weighted by Gasteiger charge is 2.27. The first-order valence-corrected chi connectivity index (χ1v) is 10.2. The third-order valence-corrected chi connectivity index (χ3v) is 5.87. The summed E-state index contributed by atoms with van der Waals surface area (Å²) in [6.07, 6.45) is 4.51. The number of carbonyl (C=O) groups is 2. The lowest BCUT2D eigenvalue weighted by Crippen LogP contribution is -2.24. The molecule has 1 aliphatic carbocycles. The van der Waals surface area contributed by atoms with Gasteiger partial charge in [-0.3, -0.25) is 9.59 Å². The number of fused-ring (bicyclic) bond motifs is 1. The summed E-state index contributed by atoms with van der Waals surface area (Å²) in [4.78, 5) is 33.5. The zero-order valence-electron chi connectivity index (χ0n) is 15.3. The van der Waals surface area contributed by atoms with E-state index in [2.05, 4.69) is 25.9 Å². The number of alkyl halides is 1. The number of rotatable bonds is 5. The molecule has 0 radical (unpaired) electrons. The van der Waals surface area contributed by atoms with E-state index in [-0.39, 0.29) is 16.4 Å². The van der Waals surface area contributed by atoms with Gasteiger partial charge in [0.05, 0.1) is 4.83 Å². The van der Waals surface area contributed by atoms with E-state index in [1.54, 1.807) is 18.3 Å². The molecule has 0 N–H and O–H groups in total. The normalized spacial score (nSPS) is 15.9. The number of aryl methyl sites for hydroxylation is 2. The predicted octanol–water partition coefficient (Wildman–Crippen LogP) is 4.85. The molecule has 0 saturated heterocycles. The first-order valence-electron chi connectivity index (χ1n) is 9.33. The van der Waals surface area contributed by atoms with Gasteiger partial charge >= 0.3 is 0 Å². The highest BCUT2D eigenvalue weighted by molar-refractivity contribution is 9.10. The number of hydrogen-bond donors (Lipinski definition) is 0. The average Bonchev–Trinajstić information content (AvgIpc) is 2.75. The first kappa shape index (κ1) is 18.7. The molecule has 0 spiro atoms. The van der Waals surface area contributed by atoms with Crippen molar-refractivity contribution in [3.8, 4) is 11.4 Å². The molecule has 1 aromatic heterocycles. The molecule has 140 valence electrons. The SMILES string of the molecule is O=C(CCc1ccccc1)c1ccc(-c2ncc3c(n2)C(=O)C(Br)CC3)cc1. The van der Waals surface area contributed by atoms with Gasteiger partial charge in [0.2, 0.25) is 0 Å². The molecule has 1 unspecified atom stereocenters. The van der Waals surface area contributed by atoms with E-state index in [0.29, 0.717) is 23.5 Å². The number of halogens is 1. The van der Waals surface area contributed by atoms with Gasteiger partial charge in [0.25, 0.3) is 0 Å². The molecule has 0 amide bonds. The monoisotopic (exact) mass is 434 g/mol. The van der Waals surface area contributed by atoms with E-state index in [9.17, 15) is 9.59 Å². The second-order valence-electron chi connectivity index (χ2n) is 6.92. The Hall–Kier alpha value is -2.66. The minimum absolute atomic E-state index is 0.0117. The molecule has 5 heteroatoms. The number of benzene rings is 2. The van der Waals surface area contributed by atoms with Gasteiger partial charge in [-0.2, -0.15) is 0 Å². The van der Waals surface area contributed by atoms with Gasteiger partial charge in [-0.05, 0) is 30.4 Å². The van der Waals surface area contributed by atoms with Gasteiger partial charge in [-0.15, -0.1) is 0 Å². The van der Waals surface area contributed by atoms with Crippen LogP contribution in [0.5, 0.6) is 0 Å². The molecule has 3 aromatic rings. The van der Waals surface area contributed by atoms with Crippen molar-refractivity contribution in [1.82, 2.24) is 9.97 Å². The number of carbonyl (C=O) groups excluding carboxylic acids is 2. The third kappa shape index (κ3) is 3.94. The topological polar surface area (TPSA) is 59.9 Å². The van der Waals surface area contributed by atoms with E-state index < -0.39 is 0 Å². The molecule has 0 fully saturated rings. The Morgan fingerprint density at radius 1 is 1.07 bits per heavy atom. The number of hydrogen-bond acceptors (Lipinski definition) is 4. The second-order valence-corrected chi connectivity index (χ2v) is 8.03. The summed E-state index contributed by atoms with van der Waals surface area (Å²) in [5.41, 5.74) is 4.03. The summed E-state index contributed by atoms with van der Waals surface area (Å²) in [5.74, 6) is 0.633. The van der Waals surface area contributed by atoms with Crippen LogP contribution in [-0.2, 0) is 12.8 Å². The zero-order valence-corrected chi connectivity index (χ0v) is 16.9. The van der Waals surface area contributed by atoms with E-state index in [0.717, 1.165) is 36.0 Å². The van der Waals surface area contributed by atoms with E-state index in [4.69, 9.17) is 0 Å². The van der Waals surface area contributed by atoms with Gasteiger partial charge in [0.15, 0.2) is 17.4 Å². The number of Topliss-reactive ketones (excluding diaryl/α,β-unsaturated/α-hetero) is 2. The maximum Gasteiger partial charge on any atom is 0.195 e. The van der Waals surface area contributed by atoms with Crippen LogP contribution in [0.15, 0.2) is 60.8 Å². The van der Waals surface area contributed by atoms with Crippen molar-refractivity contribution in [1.29, 1.82) is 0 Å². The highest BCUT2D eigenvalue weighted by atomic mass is 79.9. The molecule has 1 aliphatic rings. The van der Waals surface area contributed by atoms with Crippen LogP contribution in [0.2, 0.25) is 0 Å². The van der Waals surface area contributed by atoms with Gasteiger partial charge in [0.1, 0.15) is 5.69 Å². The van der Waals surface area contributed by atoms with Crippen LogP contribution in [0.25, 0.3) is 11.4 Å². The summed E-state index contributed by atoms with van der Waals surface area (Å²) in [5, 5.41) is 0. The maximum atomic E-state index is 12.5. The lowest BCUT2D eigenvalue weighted by molar-refractivity contribution is 0.0971. The van der Waals surface area contributed by atoms with Crippen molar-refractivity contribution in [2.75, 3.05) is 0 Å². The second kappa shape index (κ2) is 8.15. The Morgan fingerprint density at radius 2 is 1.82 bits per heavy atom. The average molecular weight is 435 g/mol. The molecule has 2 aromatic carbocycles. The minimum Gasteiger partial charge on any atom is -0.294 e. The van der Waals surface area contributed by atoms with Crippen LogP contribution >= 0.6 is 15.9 Å². The fourth-order valence-corrected chi connectivity index (χ4v) is 3.80. The summed E-state index contributed by atoms with van der Waals surface area (Å²) in [6.45, 7) is 0. The summed E-state index contributed by atoms with van der Waals surface area (Å²) >= 11 is 3.41. The highest BCUT2D eigenvalue weighted by Crippen LogP contribution is 2.26. The van der Waals surface area contributed by atoms with Crippen molar-refractivity contribution in [3.05, 3.63) is 83.2 Å². The smallest absolute Gasteiger partial charge is 0.195 e. The molecule has 1 atom stereocenters. The van der Waals surface area contributed by atoms with Gasteiger partial charge in [-0.25, -0.2) is 9.97 Å². The van der Waals surface area contributed by atoms with Gasteiger partial charge in [0, 0.05) is 23.7 Å². The van der Waals surface area contributed by atoms with Crippen molar-refractivity contribution >= 4 is 27.5 Å². The van der Waals surface area contributed by atoms with Crippen molar-refractivity contribution in [2.45, 2.75) is 30.5 Å². The van der Waals surface area contributed by atoms with Crippen LogP contribution in [0.1, 0.15) is 44.8 Å². The molecule has 4 rings (SSSR count). The van der Waals surface area contributed by atoms with Crippen LogP contribution in [0.3, 0.4) is 0 Å². The quantitative estimate of drug-likeness (QED) is 0.425. The lowest BCUT2D eigenvalue weighted by Gasteiger charge is -2.18. The first-order chi connectivity index (χ1) is 13.6. The Bertz CT molecular complexity index is 1020. The summed E-state index contributed by atoms with van der Waals surface area (Å²) in [7, 11) is 0. The molecular formula is C23H19BrN2O2. The lowest BCUT2D eigenvalue weighted by atomic mass is 9.96. The molecule has 0 bridgehead atoms.